The summed E-state index contributed by atoms with van der Waals surface area (Å²) in [6.45, 7) is 2.61. The molecule has 3 aromatic rings. The van der Waals surface area contributed by atoms with Crippen LogP contribution in [0, 0.1) is 0 Å². The number of benzene rings is 1. The van der Waals surface area contributed by atoms with Crippen molar-refractivity contribution in [2.24, 2.45) is 0 Å². The van der Waals surface area contributed by atoms with Crippen LogP contribution < -0.4 is 14.8 Å². The molecule has 8 heteroatoms. The zero-order valence-corrected chi connectivity index (χ0v) is 20.7. The van der Waals surface area contributed by atoms with Crippen molar-refractivity contribution in [2.75, 3.05) is 14.2 Å². The monoisotopic (exact) mass is 481 g/mol. The fraction of sp³-hybridized carbons (Fsp3) is 0.462. The van der Waals surface area contributed by atoms with E-state index in [1.807, 2.05) is 47.2 Å². The molecule has 1 atom stereocenters. The second-order valence-corrected chi connectivity index (χ2v) is 10.4. The molecule has 2 amide bonds. The number of nitrogens with zero attached hydrogens (tertiary/aromatic N) is 2. The zero-order chi connectivity index (χ0) is 23.9. The Morgan fingerprint density at radius 2 is 1.88 bits per heavy atom. The average Bonchev–Trinajstić information content (AvgIpc) is 3.44. The normalized spacial score (nSPS) is 20.9. The molecule has 0 saturated heterocycles. The van der Waals surface area contributed by atoms with Crippen LogP contribution in [-0.2, 0) is 17.9 Å². The third-order valence-corrected chi connectivity index (χ3v) is 8.20. The van der Waals surface area contributed by atoms with E-state index in [1.54, 1.807) is 30.5 Å². The quantitative estimate of drug-likeness (QED) is 0.559. The summed E-state index contributed by atoms with van der Waals surface area (Å²) in [6, 6.07) is 9.76. The highest BCUT2D eigenvalue weighted by Gasteiger charge is 2.48. The number of hydrogen-bond acceptors (Lipinski definition) is 5. The standard InChI is InChI=1S/C26H31N3O4S/c1-26(25(31)27-19-7-5-4-6-8-19)16-28-20(14-18-11-12-34-24(18)28)23(30)29(26)15-17-9-10-21(32-2)22(13-17)33-3/h9-14,19H,4-8,15-16H2,1-3H3,(H,27,31)/t26-/m0/s1. The summed E-state index contributed by atoms with van der Waals surface area (Å²) in [5.41, 5.74) is 0.486. The molecule has 1 aromatic carbocycles. The van der Waals surface area contributed by atoms with E-state index in [-0.39, 0.29) is 17.9 Å². The molecular formula is C26H31N3O4S. The van der Waals surface area contributed by atoms with Crippen LogP contribution in [0.3, 0.4) is 0 Å². The van der Waals surface area contributed by atoms with Crippen LogP contribution in [-0.4, -0.2) is 47.1 Å². The first-order chi connectivity index (χ1) is 16.4. The number of methoxy groups -OCH3 is 2. The van der Waals surface area contributed by atoms with Crippen molar-refractivity contribution >= 4 is 33.4 Å². The van der Waals surface area contributed by atoms with E-state index in [9.17, 15) is 9.59 Å². The van der Waals surface area contributed by atoms with E-state index in [4.69, 9.17) is 9.47 Å². The Balaban J connectivity index is 1.52. The smallest absolute Gasteiger partial charge is 0.271 e. The van der Waals surface area contributed by atoms with Crippen molar-refractivity contribution in [1.29, 1.82) is 0 Å². The number of fused-ring (bicyclic) bond motifs is 3. The second-order valence-electron chi connectivity index (χ2n) is 9.46. The summed E-state index contributed by atoms with van der Waals surface area (Å²) in [5, 5.41) is 6.35. The lowest BCUT2D eigenvalue weighted by Crippen LogP contribution is -2.64. The van der Waals surface area contributed by atoms with Gasteiger partial charge in [-0.1, -0.05) is 25.3 Å². The van der Waals surface area contributed by atoms with Crippen molar-refractivity contribution in [2.45, 2.75) is 63.7 Å². The highest BCUT2D eigenvalue weighted by Crippen LogP contribution is 2.37. The molecule has 0 radical (unpaired) electrons. The van der Waals surface area contributed by atoms with Gasteiger partial charge in [-0.3, -0.25) is 9.59 Å². The fourth-order valence-corrected chi connectivity index (χ4v) is 6.15. The Kier molecular flexibility index (Phi) is 6.02. The minimum Gasteiger partial charge on any atom is -0.493 e. The zero-order valence-electron chi connectivity index (χ0n) is 19.9. The Morgan fingerprint density at radius 3 is 2.62 bits per heavy atom. The molecule has 3 heterocycles. The Bertz CT molecular complexity index is 1230. The van der Waals surface area contributed by atoms with Gasteiger partial charge in [0.05, 0.1) is 20.8 Å². The van der Waals surface area contributed by atoms with E-state index in [1.165, 1.54) is 6.42 Å². The van der Waals surface area contributed by atoms with Gasteiger partial charge in [-0.2, -0.15) is 0 Å². The molecule has 0 spiro atoms. The van der Waals surface area contributed by atoms with Crippen LogP contribution in [0.5, 0.6) is 11.5 Å². The molecule has 2 aliphatic rings. The number of rotatable bonds is 6. The predicted molar refractivity (Wildman–Crippen MR) is 133 cm³/mol. The third-order valence-electron chi connectivity index (χ3n) is 7.25. The van der Waals surface area contributed by atoms with Crippen LogP contribution in [0.4, 0.5) is 0 Å². The first-order valence-corrected chi connectivity index (χ1v) is 12.7. The Morgan fingerprint density at radius 1 is 1.12 bits per heavy atom. The molecule has 7 nitrogen and oxygen atoms in total. The molecule has 5 rings (SSSR count). The van der Waals surface area contributed by atoms with E-state index in [2.05, 4.69) is 5.32 Å². The molecule has 1 saturated carbocycles. The average molecular weight is 482 g/mol. The molecule has 0 unspecified atom stereocenters. The van der Waals surface area contributed by atoms with Gasteiger partial charge in [-0.15, -0.1) is 11.3 Å². The number of carbonyl (C=O) groups excluding carboxylic acids is 2. The van der Waals surface area contributed by atoms with E-state index >= 15 is 0 Å². The number of thiophene rings is 1. The van der Waals surface area contributed by atoms with Gasteiger partial charge in [0.1, 0.15) is 16.1 Å². The van der Waals surface area contributed by atoms with E-state index in [0.29, 0.717) is 30.3 Å². The van der Waals surface area contributed by atoms with Crippen LogP contribution >= 0.6 is 11.3 Å². The minimum atomic E-state index is -1.02. The summed E-state index contributed by atoms with van der Waals surface area (Å²) in [5.74, 6) is 1.01. The maximum Gasteiger partial charge on any atom is 0.271 e. The molecule has 34 heavy (non-hydrogen) atoms. The first kappa shape index (κ1) is 22.8. The van der Waals surface area contributed by atoms with E-state index in [0.717, 1.165) is 41.5 Å². The summed E-state index contributed by atoms with van der Waals surface area (Å²) in [4.78, 5) is 30.4. The van der Waals surface area contributed by atoms with Crippen molar-refractivity contribution in [3.63, 3.8) is 0 Å². The van der Waals surface area contributed by atoms with Crippen LogP contribution in [0.1, 0.15) is 55.1 Å². The highest BCUT2D eigenvalue weighted by molar-refractivity contribution is 7.16. The fourth-order valence-electron chi connectivity index (χ4n) is 5.25. The van der Waals surface area contributed by atoms with Crippen molar-refractivity contribution in [3.8, 4) is 11.5 Å². The largest absolute Gasteiger partial charge is 0.493 e. The van der Waals surface area contributed by atoms with Crippen molar-refractivity contribution < 1.29 is 19.1 Å². The van der Waals surface area contributed by atoms with Gasteiger partial charge in [-0.05, 0) is 55.0 Å². The summed E-state index contributed by atoms with van der Waals surface area (Å²) in [6.07, 6.45) is 5.47. The second kappa shape index (κ2) is 8.98. The number of amides is 2. The molecule has 1 fully saturated rings. The lowest BCUT2D eigenvalue weighted by Gasteiger charge is -2.44. The SMILES string of the molecule is COc1ccc(CN2C(=O)c3cc4ccsc4n3C[C@@]2(C)C(=O)NC2CCCCC2)cc1OC. The van der Waals surface area contributed by atoms with Gasteiger partial charge >= 0.3 is 0 Å². The lowest BCUT2D eigenvalue weighted by molar-refractivity contribution is -0.134. The van der Waals surface area contributed by atoms with Crippen molar-refractivity contribution in [3.05, 3.63) is 47.0 Å². The number of nitrogens with one attached hydrogen (secondary N) is 1. The molecule has 1 aliphatic carbocycles. The highest BCUT2D eigenvalue weighted by atomic mass is 32.1. The van der Waals surface area contributed by atoms with Crippen molar-refractivity contribution in [1.82, 2.24) is 14.8 Å². The number of aromatic nitrogens is 1. The number of carbonyl (C=O) groups is 2. The van der Waals surface area contributed by atoms with Crippen LogP contribution in [0.25, 0.3) is 10.2 Å². The molecule has 1 N–H and O–H groups in total. The van der Waals surface area contributed by atoms with Gasteiger partial charge in [0.25, 0.3) is 5.91 Å². The maximum atomic E-state index is 13.9. The Hall–Kier alpha value is -3.00. The minimum absolute atomic E-state index is 0.0858. The van der Waals surface area contributed by atoms with Crippen LogP contribution in [0.15, 0.2) is 35.7 Å². The lowest BCUT2D eigenvalue weighted by atomic mass is 9.91. The van der Waals surface area contributed by atoms with Gasteiger partial charge in [0.2, 0.25) is 5.91 Å². The molecule has 2 aromatic heterocycles. The van der Waals surface area contributed by atoms with Gasteiger partial charge in [-0.25, -0.2) is 0 Å². The molecule has 180 valence electrons. The third kappa shape index (κ3) is 3.83. The number of hydrogen-bond donors (Lipinski definition) is 1. The number of ether oxygens (including phenoxy) is 2. The molecule has 0 bridgehead atoms. The summed E-state index contributed by atoms with van der Waals surface area (Å²) in [7, 11) is 3.19. The predicted octanol–water partition coefficient (Wildman–Crippen LogP) is 4.58. The first-order valence-electron chi connectivity index (χ1n) is 11.8. The van der Waals surface area contributed by atoms with Gasteiger partial charge < -0.3 is 24.3 Å². The summed E-state index contributed by atoms with van der Waals surface area (Å²) >= 11 is 1.60. The molecular weight excluding hydrogens is 450 g/mol. The Labute approximate surface area is 203 Å². The summed E-state index contributed by atoms with van der Waals surface area (Å²) < 4.78 is 12.9. The maximum absolute atomic E-state index is 13.9. The van der Waals surface area contributed by atoms with Gasteiger partial charge in [0, 0.05) is 18.0 Å². The van der Waals surface area contributed by atoms with E-state index < -0.39 is 5.54 Å². The molecule has 1 aliphatic heterocycles. The van der Waals surface area contributed by atoms with Crippen LogP contribution in [0.2, 0.25) is 0 Å². The topological polar surface area (TPSA) is 72.8 Å². The van der Waals surface area contributed by atoms with Gasteiger partial charge in [0.15, 0.2) is 11.5 Å².